The fraction of sp³-hybridized carbons (Fsp3) is 0. The number of fused-ring (bicyclic) bond motifs is 4. The summed E-state index contributed by atoms with van der Waals surface area (Å²) in [6.45, 7) is 0. The van der Waals surface area contributed by atoms with Crippen LogP contribution in [0.1, 0.15) is 0 Å². The van der Waals surface area contributed by atoms with Gasteiger partial charge in [0, 0.05) is 39.0 Å². The molecule has 4 heterocycles. The van der Waals surface area contributed by atoms with Gasteiger partial charge in [-0.1, -0.05) is 109 Å². The van der Waals surface area contributed by atoms with Gasteiger partial charge in [0.25, 0.3) is 0 Å². The second-order valence-electron chi connectivity index (χ2n) is 11.4. The van der Waals surface area contributed by atoms with Crippen LogP contribution in [0.3, 0.4) is 0 Å². The van der Waals surface area contributed by atoms with Crippen molar-refractivity contribution in [2.75, 3.05) is 0 Å². The van der Waals surface area contributed by atoms with E-state index in [1.54, 1.807) is 0 Å². The second-order valence-corrected chi connectivity index (χ2v) is 11.4. The van der Waals surface area contributed by atoms with E-state index in [2.05, 4.69) is 53.5 Å². The Morgan fingerprint density at radius 1 is 0.404 bits per heavy atom. The number of aromatic nitrogens is 5. The van der Waals surface area contributed by atoms with Crippen molar-refractivity contribution in [3.63, 3.8) is 0 Å². The molecule has 9 rings (SSSR count). The molecule has 5 aromatic carbocycles. The predicted molar refractivity (Wildman–Crippen MR) is 187 cm³/mol. The average Bonchev–Trinajstić information content (AvgIpc) is 3.52. The van der Waals surface area contributed by atoms with Gasteiger partial charge in [-0.2, -0.15) is 0 Å². The highest BCUT2D eigenvalue weighted by molar-refractivity contribution is 6.05. The highest BCUT2D eigenvalue weighted by Gasteiger charge is 2.15. The number of rotatable bonds is 5. The summed E-state index contributed by atoms with van der Waals surface area (Å²) in [6.07, 6.45) is 1.82. The first-order valence-corrected chi connectivity index (χ1v) is 15.4. The molecule has 0 fully saturated rings. The highest BCUT2D eigenvalue weighted by atomic mass is 16.3. The van der Waals surface area contributed by atoms with Crippen molar-refractivity contribution in [2.45, 2.75) is 0 Å². The molecule has 0 radical (unpaired) electrons. The third-order valence-electron chi connectivity index (χ3n) is 8.41. The molecule has 47 heavy (non-hydrogen) atoms. The maximum Gasteiger partial charge on any atom is 0.227 e. The van der Waals surface area contributed by atoms with Crippen LogP contribution in [-0.4, -0.2) is 24.9 Å². The molecule has 0 saturated heterocycles. The van der Waals surface area contributed by atoms with Crippen molar-refractivity contribution >= 4 is 32.8 Å². The molecular weight excluding hydrogens is 578 g/mol. The minimum atomic E-state index is 0.588. The molecule has 0 unspecified atom stereocenters. The van der Waals surface area contributed by atoms with Crippen molar-refractivity contribution in [3.8, 4) is 56.7 Å². The van der Waals surface area contributed by atoms with Crippen LogP contribution in [0.2, 0.25) is 0 Å². The summed E-state index contributed by atoms with van der Waals surface area (Å²) in [5.41, 5.74) is 7.81. The monoisotopic (exact) mass is 603 g/mol. The van der Waals surface area contributed by atoms with E-state index in [0.717, 1.165) is 66.3 Å². The molecule has 0 atom stereocenters. The molecule has 0 saturated carbocycles. The molecule has 0 aliphatic carbocycles. The smallest absolute Gasteiger partial charge is 0.227 e. The molecule has 220 valence electrons. The SMILES string of the molecule is c1ccc(-c2nc(-c3ccccc3)nc(-c3cccc(-c4ccc5c(c4)oc4nc(-c6nccc7ccccc67)ccc45)c3)n2)cc1. The Labute approximate surface area is 270 Å². The maximum atomic E-state index is 6.36. The predicted octanol–water partition coefficient (Wildman–Crippen LogP) is 10.0. The summed E-state index contributed by atoms with van der Waals surface area (Å²) in [7, 11) is 0. The van der Waals surface area contributed by atoms with Gasteiger partial charge in [-0.3, -0.25) is 4.98 Å². The number of hydrogen-bond acceptors (Lipinski definition) is 6. The average molecular weight is 604 g/mol. The molecule has 4 aromatic heterocycles. The zero-order chi connectivity index (χ0) is 31.2. The topological polar surface area (TPSA) is 77.6 Å². The van der Waals surface area contributed by atoms with Crippen molar-refractivity contribution in [2.24, 2.45) is 0 Å². The minimum Gasteiger partial charge on any atom is -0.438 e. The van der Waals surface area contributed by atoms with E-state index in [1.165, 1.54) is 0 Å². The lowest BCUT2D eigenvalue weighted by atomic mass is 10.0. The molecule has 0 bridgehead atoms. The third-order valence-corrected chi connectivity index (χ3v) is 8.41. The Kier molecular flexibility index (Phi) is 6.35. The van der Waals surface area contributed by atoms with E-state index >= 15 is 0 Å². The first-order valence-electron chi connectivity index (χ1n) is 15.4. The molecule has 6 nitrogen and oxygen atoms in total. The van der Waals surface area contributed by atoms with E-state index in [0.29, 0.717) is 23.2 Å². The minimum absolute atomic E-state index is 0.588. The number of pyridine rings is 2. The van der Waals surface area contributed by atoms with Crippen LogP contribution < -0.4 is 0 Å². The van der Waals surface area contributed by atoms with E-state index in [-0.39, 0.29) is 0 Å². The molecule has 0 aliphatic heterocycles. The molecule has 0 amide bonds. The normalized spacial score (nSPS) is 11.4. The number of furan rings is 1. The van der Waals surface area contributed by atoms with Gasteiger partial charge in [-0.25, -0.2) is 19.9 Å². The number of hydrogen-bond donors (Lipinski definition) is 0. The maximum absolute atomic E-state index is 6.36. The Morgan fingerprint density at radius 3 is 1.79 bits per heavy atom. The Balaban J connectivity index is 1.11. The zero-order valence-corrected chi connectivity index (χ0v) is 25.1. The van der Waals surface area contributed by atoms with Crippen molar-refractivity contribution < 1.29 is 4.42 Å². The van der Waals surface area contributed by atoms with E-state index in [4.69, 9.17) is 24.4 Å². The second kappa shape index (κ2) is 11.1. The number of nitrogens with zero attached hydrogens (tertiary/aromatic N) is 5. The molecule has 0 aliphatic rings. The van der Waals surface area contributed by atoms with Crippen LogP contribution in [0.5, 0.6) is 0 Å². The lowest BCUT2D eigenvalue weighted by molar-refractivity contribution is 0.655. The molecular formula is C41H25N5O. The van der Waals surface area contributed by atoms with Crippen LogP contribution in [-0.2, 0) is 0 Å². The lowest BCUT2D eigenvalue weighted by Crippen LogP contribution is -2.00. The Bertz CT molecular complexity index is 2520. The van der Waals surface area contributed by atoms with Gasteiger partial charge < -0.3 is 4.42 Å². The molecule has 0 N–H and O–H groups in total. The summed E-state index contributed by atoms with van der Waals surface area (Å²) >= 11 is 0. The lowest BCUT2D eigenvalue weighted by Gasteiger charge is -2.09. The summed E-state index contributed by atoms with van der Waals surface area (Å²) in [4.78, 5) is 24.2. The Morgan fingerprint density at radius 2 is 1.02 bits per heavy atom. The third kappa shape index (κ3) is 4.89. The zero-order valence-electron chi connectivity index (χ0n) is 25.1. The van der Waals surface area contributed by atoms with Crippen LogP contribution in [0.4, 0.5) is 0 Å². The van der Waals surface area contributed by atoms with Crippen LogP contribution in [0.15, 0.2) is 156 Å². The van der Waals surface area contributed by atoms with Gasteiger partial charge in [-0.15, -0.1) is 0 Å². The number of benzene rings is 5. The van der Waals surface area contributed by atoms with Crippen molar-refractivity contribution in [1.82, 2.24) is 24.9 Å². The quantitative estimate of drug-likeness (QED) is 0.195. The fourth-order valence-electron chi connectivity index (χ4n) is 6.07. The van der Waals surface area contributed by atoms with Gasteiger partial charge in [0.05, 0.1) is 11.4 Å². The van der Waals surface area contributed by atoms with E-state index in [1.807, 2.05) is 103 Å². The van der Waals surface area contributed by atoms with Crippen LogP contribution in [0.25, 0.3) is 89.5 Å². The summed E-state index contributed by atoms with van der Waals surface area (Å²) in [6, 6.07) is 48.9. The molecule has 6 heteroatoms. The van der Waals surface area contributed by atoms with Gasteiger partial charge in [0.1, 0.15) is 5.58 Å². The Hall–Kier alpha value is -6.53. The van der Waals surface area contributed by atoms with Gasteiger partial charge in [-0.05, 0) is 52.9 Å². The van der Waals surface area contributed by atoms with Crippen molar-refractivity contribution in [3.05, 3.63) is 152 Å². The molecule has 0 spiro atoms. The summed E-state index contributed by atoms with van der Waals surface area (Å²) in [5, 5.41) is 4.17. The van der Waals surface area contributed by atoms with E-state index in [9.17, 15) is 0 Å². The summed E-state index contributed by atoms with van der Waals surface area (Å²) < 4.78 is 6.36. The summed E-state index contributed by atoms with van der Waals surface area (Å²) in [5.74, 6) is 1.88. The van der Waals surface area contributed by atoms with Gasteiger partial charge >= 0.3 is 0 Å². The van der Waals surface area contributed by atoms with Crippen molar-refractivity contribution in [1.29, 1.82) is 0 Å². The molecule has 9 aromatic rings. The first kappa shape index (κ1) is 26.8. The fourth-order valence-corrected chi connectivity index (χ4v) is 6.07. The van der Waals surface area contributed by atoms with Gasteiger partial charge in [0.15, 0.2) is 17.5 Å². The van der Waals surface area contributed by atoms with Crippen LogP contribution >= 0.6 is 0 Å². The van der Waals surface area contributed by atoms with E-state index < -0.39 is 0 Å². The largest absolute Gasteiger partial charge is 0.438 e. The van der Waals surface area contributed by atoms with Crippen LogP contribution in [0, 0.1) is 0 Å². The van der Waals surface area contributed by atoms with Gasteiger partial charge in [0.2, 0.25) is 5.71 Å². The highest BCUT2D eigenvalue weighted by Crippen LogP contribution is 2.35. The first-order chi connectivity index (χ1) is 23.3. The standard InChI is InChI=1S/C41H25N5O/c1-3-11-27(12-4-1)38-44-39(28-13-5-2-6-14-28)46-40(45-38)31-16-9-15-29(24-31)30-18-19-33-34-20-21-35(43-41(34)47-36(33)25-30)37-32-17-8-7-10-26(32)22-23-42-37/h1-25H.